The predicted molar refractivity (Wildman–Crippen MR) is 37.7 cm³/mol. The van der Waals surface area contributed by atoms with Gasteiger partial charge < -0.3 is 0 Å². The second-order valence-electron chi connectivity index (χ2n) is 1.28. The Kier molecular flexibility index (Phi) is 3.03. The number of carbonyl (C=O) groups is 1. The molecule has 0 aliphatic rings. The van der Waals surface area contributed by atoms with E-state index < -0.39 is 0 Å². The van der Waals surface area contributed by atoms with E-state index in [9.17, 15) is 4.79 Å². The van der Waals surface area contributed by atoms with Gasteiger partial charge in [-0.05, 0) is 12.5 Å². The molecule has 0 rings (SSSR count). The van der Waals surface area contributed by atoms with Gasteiger partial charge in [0.05, 0.1) is 0 Å². The molecule has 0 unspecified atom stereocenters. The fourth-order valence-electron chi connectivity index (χ4n) is 0.123. The summed E-state index contributed by atoms with van der Waals surface area (Å²) in [6.45, 7) is 1.77. The van der Waals surface area contributed by atoms with E-state index in [1.165, 1.54) is 0 Å². The zero-order valence-corrected chi connectivity index (χ0v) is 7.33. The van der Waals surface area contributed by atoms with E-state index in [4.69, 9.17) is 0 Å². The van der Waals surface area contributed by atoms with Crippen LogP contribution in [0.5, 0.6) is 0 Å². The van der Waals surface area contributed by atoms with Crippen molar-refractivity contribution in [1.29, 1.82) is 0 Å². The molecular formula is C4H8OSSi. The fourth-order valence-corrected chi connectivity index (χ4v) is 0.758. The van der Waals surface area contributed by atoms with Crippen molar-refractivity contribution >= 4 is 28.0 Å². The first-order valence-electron chi connectivity index (χ1n) is 2.04. The number of carbonyl (C=O) groups excluding carboxylic acids is 1. The lowest BCUT2D eigenvalue weighted by atomic mass is 10.4. The summed E-state index contributed by atoms with van der Waals surface area (Å²) in [6.07, 6.45) is 0. The molecule has 0 N–H and O–H groups in total. The second-order valence-corrected chi connectivity index (χ2v) is 2.26. The highest BCUT2D eigenvalue weighted by Crippen LogP contribution is 1.93. The third-order valence-electron chi connectivity index (χ3n) is 0.770. The molecule has 0 aromatic carbocycles. The summed E-state index contributed by atoms with van der Waals surface area (Å²) < 4.78 is 0. The van der Waals surface area contributed by atoms with Crippen molar-refractivity contribution in [2.45, 2.75) is 6.92 Å². The van der Waals surface area contributed by atoms with E-state index in [0.717, 1.165) is 15.8 Å². The van der Waals surface area contributed by atoms with Crippen molar-refractivity contribution < 1.29 is 4.79 Å². The van der Waals surface area contributed by atoms with Gasteiger partial charge in [0.2, 0.25) is 5.12 Å². The van der Waals surface area contributed by atoms with Crippen LogP contribution in [0.1, 0.15) is 6.92 Å². The van der Waals surface area contributed by atoms with Crippen molar-refractivity contribution in [2.75, 3.05) is 0 Å². The standard InChI is InChI=1S/C4H8OSSi/c1-3(2-7)4(5)6/h2H,1,7H3,(H,5,6)/b3-2+. The molecule has 0 saturated carbocycles. The molecule has 0 amide bonds. The van der Waals surface area contributed by atoms with Crippen LogP contribution in [0.4, 0.5) is 0 Å². The SMILES string of the molecule is C/C(=C\[SiH3])C(=O)S. The number of thiol groups is 1. The largest absolute Gasteiger partial charge is 0.282 e. The van der Waals surface area contributed by atoms with Crippen molar-refractivity contribution in [3.63, 3.8) is 0 Å². The van der Waals surface area contributed by atoms with E-state index in [2.05, 4.69) is 12.6 Å². The highest BCUT2D eigenvalue weighted by molar-refractivity contribution is 7.97. The Morgan fingerprint density at radius 3 is 2.29 bits per heavy atom. The van der Waals surface area contributed by atoms with Crippen LogP contribution in [-0.4, -0.2) is 15.4 Å². The molecule has 3 heteroatoms. The third kappa shape index (κ3) is 2.65. The highest BCUT2D eigenvalue weighted by Gasteiger charge is 1.90. The number of hydrogen-bond donors (Lipinski definition) is 1. The minimum atomic E-state index is -0.116. The van der Waals surface area contributed by atoms with Gasteiger partial charge >= 0.3 is 0 Å². The van der Waals surface area contributed by atoms with Crippen LogP contribution in [-0.2, 0) is 4.79 Å². The Balaban J connectivity index is 3.82. The summed E-state index contributed by atoms with van der Waals surface area (Å²) in [5.41, 5.74) is 2.63. The molecule has 0 fully saturated rings. The minimum absolute atomic E-state index is 0.116. The maximum Gasteiger partial charge on any atom is 0.211 e. The van der Waals surface area contributed by atoms with E-state index in [-0.39, 0.29) is 5.12 Å². The highest BCUT2D eigenvalue weighted by atomic mass is 32.1. The fraction of sp³-hybridized carbons (Fsp3) is 0.250. The molecule has 0 saturated heterocycles. The molecule has 0 heterocycles. The second kappa shape index (κ2) is 3.04. The Bertz CT molecular complexity index is 108. The molecule has 0 aromatic heterocycles. The molecule has 0 radical (unpaired) electrons. The Morgan fingerprint density at radius 1 is 1.86 bits per heavy atom. The number of hydrogen-bond acceptors (Lipinski definition) is 1. The summed E-state index contributed by atoms with van der Waals surface area (Å²) in [5.74, 6) is 0. The molecule has 0 atom stereocenters. The molecule has 0 aliphatic heterocycles. The monoisotopic (exact) mass is 132 g/mol. The summed E-state index contributed by atoms with van der Waals surface area (Å²) in [5, 5.41) is -0.116. The molecule has 7 heavy (non-hydrogen) atoms. The Morgan fingerprint density at radius 2 is 2.29 bits per heavy atom. The van der Waals surface area contributed by atoms with E-state index >= 15 is 0 Å². The van der Waals surface area contributed by atoms with Gasteiger partial charge in [-0.15, -0.1) is 12.6 Å². The van der Waals surface area contributed by atoms with Crippen LogP contribution in [0.3, 0.4) is 0 Å². The average molecular weight is 132 g/mol. The predicted octanol–water partition coefficient (Wildman–Crippen LogP) is -0.288. The van der Waals surface area contributed by atoms with Crippen molar-refractivity contribution in [3.05, 3.63) is 11.3 Å². The van der Waals surface area contributed by atoms with Gasteiger partial charge in [0, 0.05) is 10.2 Å². The summed E-state index contributed by atoms with van der Waals surface area (Å²) >= 11 is 3.59. The quantitative estimate of drug-likeness (QED) is 0.295. The molecule has 0 bridgehead atoms. The Labute approximate surface area is 51.6 Å². The van der Waals surface area contributed by atoms with Gasteiger partial charge in [0.1, 0.15) is 0 Å². The minimum Gasteiger partial charge on any atom is -0.282 e. The van der Waals surface area contributed by atoms with E-state index in [1.54, 1.807) is 6.92 Å². The molecule has 0 spiro atoms. The first kappa shape index (κ1) is 6.98. The van der Waals surface area contributed by atoms with Gasteiger partial charge in [-0.25, -0.2) is 0 Å². The normalized spacial score (nSPS) is 12.0. The van der Waals surface area contributed by atoms with Crippen LogP contribution in [0.2, 0.25) is 0 Å². The zero-order valence-electron chi connectivity index (χ0n) is 4.43. The van der Waals surface area contributed by atoms with Crippen molar-refractivity contribution in [3.8, 4) is 0 Å². The first-order chi connectivity index (χ1) is 3.18. The molecule has 40 valence electrons. The van der Waals surface area contributed by atoms with Gasteiger partial charge in [-0.3, -0.25) is 4.79 Å². The third-order valence-corrected chi connectivity index (χ3v) is 1.99. The lowest BCUT2D eigenvalue weighted by molar-refractivity contribution is -0.107. The van der Waals surface area contributed by atoms with Crippen molar-refractivity contribution in [2.24, 2.45) is 0 Å². The Hall–Kier alpha value is -0.0231. The van der Waals surface area contributed by atoms with Crippen LogP contribution in [0, 0.1) is 0 Å². The molecular weight excluding hydrogens is 124 g/mol. The van der Waals surface area contributed by atoms with Gasteiger partial charge in [-0.2, -0.15) is 0 Å². The zero-order chi connectivity index (χ0) is 5.86. The van der Waals surface area contributed by atoms with Crippen molar-refractivity contribution in [1.82, 2.24) is 0 Å². The lowest BCUT2D eigenvalue weighted by Crippen LogP contribution is -1.85. The van der Waals surface area contributed by atoms with E-state index in [0.29, 0.717) is 0 Å². The van der Waals surface area contributed by atoms with Gasteiger partial charge in [0.25, 0.3) is 0 Å². The lowest BCUT2D eigenvalue weighted by Gasteiger charge is -1.84. The summed E-state index contributed by atoms with van der Waals surface area (Å²) in [7, 11) is 0.939. The summed E-state index contributed by atoms with van der Waals surface area (Å²) in [6, 6.07) is 0. The van der Waals surface area contributed by atoms with E-state index in [1.807, 2.05) is 5.70 Å². The molecule has 1 nitrogen and oxygen atoms in total. The van der Waals surface area contributed by atoms with Crippen LogP contribution in [0.15, 0.2) is 11.3 Å². The number of rotatable bonds is 1. The van der Waals surface area contributed by atoms with Gasteiger partial charge in [0.15, 0.2) is 0 Å². The average Bonchev–Trinajstić information content (AvgIpc) is 1.65. The molecule has 0 aliphatic carbocycles. The topological polar surface area (TPSA) is 17.1 Å². The van der Waals surface area contributed by atoms with Gasteiger partial charge in [-0.1, -0.05) is 5.70 Å². The maximum absolute atomic E-state index is 10.2. The van der Waals surface area contributed by atoms with Crippen LogP contribution < -0.4 is 0 Å². The maximum atomic E-state index is 10.2. The smallest absolute Gasteiger partial charge is 0.211 e. The van der Waals surface area contributed by atoms with Crippen LogP contribution in [0.25, 0.3) is 0 Å². The molecule has 0 aromatic rings. The first-order valence-corrected chi connectivity index (χ1v) is 3.65. The summed E-state index contributed by atoms with van der Waals surface area (Å²) in [4.78, 5) is 10.2. The van der Waals surface area contributed by atoms with Crippen LogP contribution >= 0.6 is 12.6 Å².